The topological polar surface area (TPSA) is 81.0 Å². The number of carbonyl (C=O) groups excluding carboxylic acids is 1. The molecule has 0 unspecified atom stereocenters. The molecule has 3 heterocycles. The van der Waals surface area contributed by atoms with Gasteiger partial charge in [0.1, 0.15) is 6.10 Å². The fourth-order valence-corrected chi connectivity index (χ4v) is 5.77. The number of aromatic nitrogens is 1. The average Bonchev–Trinajstić information content (AvgIpc) is 3.34. The molecular formula is C29H30ClFN2O5. The summed E-state index contributed by atoms with van der Waals surface area (Å²) in [5.74, 6) is -1.05. The summed E-state index contributed by atoms with van der Waals surface area (Å²) in [6, 6.07) is 14.2. The van der Waals surface area contributed by atoms with Gasteiger partial charge in [0.25, 0.3) is 0 Å². The van der Waals surface area contributed by atoms with E-state index < -0.39 is 24.0 Å². The highest BCUT2D eigenvalue weighted by atomic mass is 35.5. The minimum atomic E-state index is -0.796. The van der Waals surface area contributed by atoms with Crippen LogP contribution in [0.25, 0.3) is 5.69 Å². The summed E-state index contributed by atoms with van der Waals surface area (Å²) in [4.78, 5) is 26.0. The molecule has 2 aromatic carbocycles. The van der Waals surface area contributed by atoms with Crippen LogP contribution >= 0.6 is 11.6 Å². The highest BCUT2D eigenvalue weighted by Crippen LogP contribution is 2.45. The number of benzene rings is 2. The predicted octanol–water partition coefficient (Wildman–Crippen LogP) is 5.93. The van der Waals surface area contributed by atoms with Gasteiger partial charge in [-0.15, -0.1) is 0 Å². The van der Waals surface area contributed by atoms with Crippen molar-refractivity contribution in [3.05, 3.63) is 82.4 Å². The number of likely N-dealkylation sites (tertiary alicyclic amines) is 1. The van der Waals surface area contributed by atoms with Crippen molar-refractivity contribution in [2.75, 3.05) is 20.2 Å². The molecule has 1 fully saturated rings. The molecule has 9 heteroatoms. The molecule has 38 heavy (non-hydrogen) atoms. The van der Waals surface area contributed by atoms with Gasteiger partial charge in [-0.2, -0.15) is 0 Å². The number of ether oxygens (including phenoxy) is 2. The van der Waals surface area contributed by atoms with Crippen molar-refractivity contribution in [2.24, 2.45) is 5.92 Å². The number of rotatable bonds is 7. The number of fused-ring (bicyclic) bond motifs is 3. The summed E-state index contributed by atoms with van der Waals surface area (Å²) in [5, 5.41) is 9.58. The summed E-state index contributed by atoms with van der Waals surface area (Å²) >= 11 is 6.40. The first-order valence-electron chi connectivity index (χ1n) is 12.8. The largest absolute Gasteiger partial charge is 0.493 e. The van der Waals surface area contributed by atoms with Gasteiger partial charge in [0.2, 0.25) is 5.91 Å². The number of carbonyl (C=O) groups is 2. The Balaban J connectivity index is 1.41. The van der Waals surface area contributed by atoms with Gasteiger partial charge in [0.05, 0.1) is 24.6 Å². The first kappa shape index (κ1) is 26.3. The third kappa shape index (κ3) is 5.28. The lowest BCUT2D eigenvalue weighted by Crippen LogP contribution is -2.39. The molecule has 0 radical (unpaired) electrons. The Morgan fingerprint density at radius 2 is 1.92 bits per heavy atom. The SMILES string of the molecule is COc1c(F)cccc1[C@@H]1O[C@@H](CCC(=O)N2CCC(CC(=O)O)CC2)c2cccn2-c2ccc(Cl)cc21. The van der Waals surface area contributed by atoms with Gasteiger partial charge in [-0.1, -0.05) is 23.7 Å². The van der Waals surface area contributed by atoms with E-state index in [9.17, 15) is 14.0 Å². The van der Waals surface area contributed by atoms with E-state index in [0.29, 0.717) is 42.9 Å². The van der Waals surface area contributed by atoms with Crippen LogP contribution in [0.1, 0.15) is 61.1 Å². The maximum Gasteiger partial charge on any atom is 0.303 e. The average molecular weight is 541 g/mol. The van der Waals surface area contributed by atoms with Crippen molar-refractivity contribution < 1.29 is 28.6 Å². The Hall–Kier alpha value is -3.36. The zero-order valence-corrected chi connectivity index (χ0v) is 21.9. The van der Waals surface area contributed by atoms with E-state index in [2.05, 4.69) is 0 Å². The zero-order chi connectivity index (χ0) is 26.8. The normalized spacial score (nSPS) is 19.4. The van der Waals surface area contributed by atoms with E-state index in [0.717, 1.165) is 16.9 Å². The fourth-order valence-electron chi connectivity index (χ4n) is 5.59. The molecule has 3 aromatic rings. The molecule has 0 aliphatic carbocycles. The lowest BCUT2D eigenvalue weighted by molar-refractivity contribution is -0.138. The Morgan fingerprint density at radius 1 is 1.13 bits per heavy atom. The first-order chi connectivity index (χ1) is 18.4. The first-order valence-corrected chi connectivity index (χ1v) is 13.2. The molecule has 2 atom stereocenters. The van der Waals surface area contributed by atoms with Gasteiger partial charge >= 0.3 is 5.97 Å². The number of aliphatic carboxylic acids is 1. The molecular weight excluding hydrogens is 511 g/mol. The molecule has 1 amide bonds. The molecule has 0 spiro atoms. The lowest BCUT2D eigenvalue weighted by Gasteiger charge is -2.32. The number of amides is 1. The molecule has 5 rings (SSSR count). The minimum absolute atomic E-state index is 0.0187. The maximum atomic E-state index is 14.7. The van der Waals surface area contributed by atoms with E-state index in [1.165, 1.54) is 13.2 Å². The molecule has 200 valence electrons. The van der Waals surface area contributed by atoms with Crippen LogP contribution in [0.4, 0.5) is 4.39 Å². The molecule has 0 saturated carbocycles. The molecule has 1 saturated heterocycles. The number of hydrogen-bond acceptors (Lipinski definition) is 4. The highest BCUT2D eigenvalue weighted by Gasteiger charge is 2.33. The minimum Gasteiger partial charge on any atom is -0.493 e. The summed E-state index contributed by atoms with van der Waals surface area (Å²) in [6.07, 6.45) is 3.03. The summed E-state index contributed by atoms with van der Waals surface area (Å²) in [6.45, 7) is 1.12. The standard InChI is InChI=1S/C29H30ClFN2O5/c1-37-29-20(4-2-5-22(29)31)28-21-17-19(30)7-8-23(21)33-13-3-6-24(33)25(38-28)9-10-26(34)32-14-11-18(12-15-32)16-27(35)36/h2-8,13,17-18,25,28H,9-12,14-16H2,1H3,(H,35,36)/t25-,28-/m0/s1. The monoisotopic (exact) mass is 540 g/mol. The van der Waals surface area contributed by atoms with E-state index in [1.54, 1.807) is 12.1 Å². The van der Waals surface area contributed by atoms with Crippen molar-refractivity contribution in [2.45, 2.75) is 44.3 Å². The Kier molecular flexibility index (Phi) is 7.72. The fraction of sp³-hybridized carbons (Fsp3) is 0.379. The van der Waals surface area contributed by atoms with Crippen LogP contribution in [0, 0.1) is 11.7 Å². The van der Waals surface area contributed by atoms with E-state index >= 15 is 0 Å². The number of carboxylic acid groups (broad SMARTS) is 1. The predicted molar refractivity (Wildman–Crippen MR) is 140 cm³/mol. The number of piperidine rings is 1. The number of methoxy groups -OCH3 is 1. The molecule has 2 aliphatic heterocycles. The van der Waals surface area contributed by atoms with Crippen molar-refractivity contribution in [1.82, 2.24) is 9.47 Å². The van der Waals surface area contributed by atoms with Crippen molar-refractivity contribution in [1.29, 1.82) is 0 Å². The number of hydrogen-bond donors (Lipinski definition) is 1. The van der Waals surface area contributed by atoms with Crippen molar-refractivity contribution in [3.63, 3.8) is 0 Å². The smallest absolute Gasteiger partial charge is 0.303 e. The third-order valence-corrected chi connectivity index (χ3v) is 7.71. The number of carboxylic acids is 1. The second kappa shape index (κ2) is 11.2. The van der Waals surface area contributed by atoms with Crippen LogP contribution in [0.15, 0.2) is 54.7 Å². The third-order valence-electron chi connectivity index (χ3n) is 7.48. The number of nitrogens with zero attached hydrogens (tertiary/aromatic N) is 2. The van der Waals surface area contributed by atoms with Crippen molar-refractivity contribution in [3.8, 4) is 11.4 Å². The van der Waals surface area contributed by atoms with E-state index in [-0.39, 0.29) is 30.4 Å². The summed E-state index contributed by atoms with van der Waals surface area (Å²) in [7, 11) is 1.43. The summed E-state index contributed by atoms with van der Waals surface area (Å²) < 4.78 is 28.9. The molecule has 0 bridgehead atoms. The quantitative estimate of drug-likeness (QED) is 0.401. The van der Waals surface area contributed by atoms with Gasteiger partial charge in [-0.3, -0.25) is 9.59 Å². The Labute approximate surface area is 225 Å². The van der Waals surface area contributed by atoms with Crippen LogP contribution in [0.3, 0.4) is 0 Å². The number of para-hydroxylation sites is 1. The van der Waals surface area contributed by atoms with Gasteiger partial charge in [-0.05, 0) is 61.6 Å². The van der Waals surface area contributed by atoms with Crippen LogP contribution in [-0.4, -0.2) is 46.6 Å². The lowest BCUT2D eigenvalue weighted by atomic mass is 9.93. The van der Waals surface area contributed by atoms with Gasteiger partial charge in [0.15, 0.2) is 11.6 Å². The second-order valence-corrected chi connectivity index (χ2v) is 10.3. The zero-order valence-electron chi connectivity index (χ0n) is 21.1. The number of halogens is 2. The molecule has 1 N–H and O–H groups in total. The summed E-state index contributed by atoms with van der Waals surface area (Å²) in [5.41, 5.74) is 3.06. The van der Waals surface area contributed by atoms with Crippen LogP contribution < -0.4 is 4.74 Å². The van der Waals surface area contributed by atoms with Crippen LogP contribution in [0.2, 0.25) is 5.02 Å². The van der Waals surface area contributed by atoms with Gasteiger partial charge < -0.3 is 24.0 Å². The molecule has 7 nitrogen and oxygen atoms in total. The van der Waals surface area contributed by atoms with Crippen LogP contribution in [0.5, 0.6) is 5.75 Å². The van der Waals surface area contributed by atoms with Gasteiger partial charge in [0, 0.05) is 48.3 Å². The Morgan fingerprint density at radius 3 is 2.66 bits per heavy atom. The molecule has 1 aromatic heterocycles. The molecule has 2 aliphatic rings. The van der Waals surface area contributed by atoms with Gasteiger partial charge in [-0.25, -0.2) is 4.39 Å². The maximum absolute atomic E-state index is 14.7. The van der Waals surface area contributed by atoms with E-state index in [1.807, 2.05) is 46.0 Å². The Bertz CT molecular complexity index is 1330. The van der Waals surface area contributed by atoms with Crippen molar-refractivity contribution >= 4 is 23.5 Å². The van der Waals surface area contributed by atoms with E-state index in [4.69, 9.17) is 26.2 Å². The second-order valence-electron chi connectivity index (χ2n) is 9.83. The van der Waals surface area contributed by atoms with Crippen LogP contribution in [-0.2, 0) is 14.3 Å². The highest BCUT2D eigenvalue weighted by molar-refractivity contribution is 6.30.